The SMILES string of the molecule is CCC[CH2][Sn]([CH2]CCC)([CH2]CCC)[c]1cccc2cc3cccc(C(=O)NCCN(CC)CC)c3nc12. The van der Waals surface area contributed by atoms with E-state index in [2.05, 4.69) is 75.2 Å². The van der Waals surface area contributed by atoms with Crippen molar-refractivity contribution in [2.75, 3.05) is 26.2 Å². The normalized spacial score (nSPS) is 12.1. The van der Waals surface area contributed by atoms with Crippen molar-refractivity contribution in [1.29, 1.82) is 0 Å². The molecule has 5 heteroatoms. The Labute approximate surface area is 229 Å². The molecule has 3 rings (SSSR count). The first kappa shape index (κ1) is 29.9. The molecule has 0 radical (unpaired) electrons. The van der Waals surface area contributed by atoms with Crippen molar-refractivity contribution < 1.29 is 4.79 Å². The fraction of sp³-hybridized carbons (Fsp3) is 0.562. The van der Waals surface area contributed by atoms with Gasteiger partial charge in [-0.3, -0.25) is 0 Å². The topological polar surface area (TPSA) is 45.2 Å². The first-order valence-corrected chi connectivity index (χ1v) is 22.3. The van der Waals surface area contributed by atoms with Crippen LogP contribution in [0.4, 0.5) is 0 Å². The number of amides is 1. The molecule has 4 nitrogen and oxygen atoms in total. The monoisotopic (exact) mass is 611 g/mol. The van der Waals surface area contributed by atoms with Gasteiger partial charge in [0.1, 0.15) is 0 Å². The molecule has 0 unspecified atom stereocenters. The zero-order valence-corrected chi connectivity index (χ0v) is 26.9. The van der Waals surface area contributed by atoms with Gasteiger partial charge in [0.25, 0.3) is 0 Å². The van der Waals surface area contributed by atoms with Crippen molar-refractivity contribution >= 4 is 49.7 Å². The third kappa shape index (κ3) is 7.47. The number of carbonyl (C=O) groups is 1. The van der Waals surface area contributed by atoms with Gasteiger partial charge in [-0.2, -0.15) is 0 Å². The van der Waals surface area contributed by atoms with E-state index in [0.29, 0.717) is 12.1 Å². The van der Waals surface area contributed by atoms with Crippen LogP contribution in [0, 0.1) is 0 Å². The molecule has 1 heterocycles. The van der Waals surface area contributed by atoms with Gasteiger partial charge in [-0.25, -0.2) is 0 Å². The number of hydrogen-bond donors (Lipinski definition) is 1. The van der Waals surface area contributed by atoms with Crippen molar-refractivity contribution in [3.8, 4) is 0 Å². The Bertz CT molecular complexity index is 1120. The fourth-order valence-electron chi connectivity index (χ4n) is 5.78. The Morgan fingerprint density at radius 3 is 1.95 bits per heavy atom. The molecule has 0 spiro atoms. The molecule has 0 bridgehead atoms. The quantitative estimate of drug-likeness (QED) is 0.135. The number of carbonyl (C=O) groups excluding carboxylic acids is 1. The summed E-state index contributed by atoms with van der Waals surface area (Å²) in [4.78, 5) is 21.0. The average molecular weight is 610 g/mol. The molecule has 37 heavy (non-hydrogen) atoms. The molecule has 1 N–H and O–H groups in total. The number of nitrogens with one attached hydrogen (secondary N) is 1. The van der Waals surface area contributed by atoms with Crippen LogP contribution in [-0.4, -0.2) is 60.3 Å². The van der Waals surface area contributed by atoms with Crippen LogP contribution < -0.4 is 8.90 Å². The molecule has 0 aliphatic rings. The minimum absolute atomic E-state index is 0.0141. The maximum absolute atomic E-state index is 13.3. The fourth-order valence-corrected chi connectivity index (χ4v) is 22.3. The summed E-state index contributed by atoms with van der Waals surface area (Å²) in [5, 5.41) is 5.44. The summed E-state index contributed by atoms with van der Waals surface area (Å²) in [5.41, 5.74) is 2.73. The summed E-state index contributed by atoms with van der Waals surface area (Å²) in [6, 6.07) is 15.2. The summed E-state index contributed by atoms with van der Waals surface area (Å²) < 4.78 is 5.84. The number of hydrogen-bond acceptors (Lipinski definition) is 3. The van der Waals surface area contributed by atoms with E-state index >= 15 is 0 Å². The molecule has 202 valence electrons. The number of para-hydroxylation sites is 2. The minimum atomic E-state index is -2.71. The van der Waals surface area contributed by atoms with Crippen LogP contribution >= 0.6 is 0 Å². The number of likely N-dealkylation sites (N-methyl/N-ethyl adjacent to an activating group) is 1. The van der Waals surface area contributed by atoms with E-state index in [1.807, 2.05) is 12.1 Å². The molecule has 0 aliphatic carbocycles. The summed E-state index contributed by atoms with van der Waals surface area (Å²) in [5.74, 6) is -0.0141. The third-order valence-electron chi connectivity index (χ3n) is 8.12. The van der Waals surface area contributed by atoms with E-state index in [-0.39, 0.29) is 5.91 Å². The number of pyridine rings is 1. The van der Waals surface area contributed by atoms with Crippen LogP contribution in [0.1, 0.15) is 83.5 Å². The van der Waals surface area contributed by atoms with Gasteiger partial charge in [-0.1, -0.05) is 0 Å². The molecule has 0 atom stereocenters. The van der Waals surface area contributed by atoms with Crippen LogP contribution in [-0.2, 0) is 0 Å². The van der Waals surface area contributed by atoms with Gasteiger partial charge in [-0.15, -0.1) is 0 Å². The van der Waals surface area contributed by atoms with Crippen molar-refractivity contribution in [3.05, 3.63) is 48.0 Å². The molecule has 3 aromatic rings. The zero-order valence-electron chi connectivity index (χ0n) is 24.0. The maximum atomic E-state index is 13.3. The Morgan fingerprint density at radius 1 is 0.811 bits per heavy atom. The average Bonchev–Trinajstić information content (AvgIpc) is 2.93. The zero-order chi connectivity index (χ0) is 26.7. The van der Waals surface area contributed by atoms with Crippen LogP contribution in [0.15, 0.2) is 42.5 Å². The van der Waals surface area contributed by atoms with Gasteiger partial charge >= 0.3 is 230 Å². The van der Waals surface area contributed by atoms with E-state index in [1.54, 1.807) is 3.58 Å². The standard InChI is InChI=1S/C20H22N3O.3C4H9.Sn/c1-3-23(4-2)13-12-21-20(24)17-10-7-9-16-14-15-8-5-6-11-18(15)22-19(16)17;3*1-3-4-2;/h5-10,14H,3-4,12-13H2,1-2H3,(H,21,24);3*1,3-4H2,2H3;. The second-order valence-electron chi connectivity index (χ2n) is 10.6. The molecule has 0 saturated heterocycles. The van der Waals surface area contributed by atoms with Gasteiger partial charge in [0.2, 0.25) is 0 Å². The van der Waals surface area contributed by atoms with Crippen molar-refractivity contribution in [2.45, 2.75) is 86.5 Å². The molecule has 0 fully saturated rings. The Kier molecular flexibility index (Phi) is 12.2. The predicted octanol–water partition coefficient (Wildman–Crippen LogP) is 7.52. The number of aromatic nitrogens is 1. The second kappa shape index (κ2) is 15.1. The molecular weight excluding hydrogens is 561 g/mol. The van der Waals surface area contributed by atoms with Crippen molar-refractivity contribution in [1.82, 2.24) is 15.2 Å². The number of fused-ring (bicyclic) bond motifs is 2. The van der Waals surface area contributed by atoms with Crippen LogP contribution in [0.2, 0.25) is 13.3 Å². The molecule has 1 aromatic heterocycles. The first-order chi connectivity index (χ1) is 18.0. The Morgan fingerprint density at radius 2 is 1.38 bits per heavy atom. The molecule has 0 saturated carbocycles. The van der Waals surface area contributed by atoms with E-state index in [1.165, 1.54) is 62.7 Å². The van der Waals surface area contributed by atoms with Gasteiger partial charge in [0.05, 0.1) is 0 Å². The Balaban J connectivity index is 2.09. The summed E-state index contributed by atoms with van der Waals surface area (Å²) in [6.07, 6.45) is 7.76. The van der Waals surface area contributed by atoms with E-state index in [0.717, 1.165) is 30.5 Å². The Hall–Kier alpha value is -1.66. The first-order valence-electron chi connectivity index (χ1n) is 14.9. The van der Waals surface area contributed by atoms with Gasteiger partial charge in [0, 0.05) is 0 Å². The van der Waals surface area contributed by atoms with E-state index < -0.39 is 18.4 Å². The number of unbranched alkanes of at least 4 members (excludes halogenated alkanes) is 3. The van der Waals surface area contributed by atoms with Crippen LogP contribution in [0.25, 0.3) is 21.8 Å². The number of benzene rings is 2. The molecule has 1 amide bonds. The van der Waals surface area contributed by atoms with Crippen LogP contribution in [0.3, 0.4) is 0 Å². The predicted molar refractivity (Wildman–Crippen MR) is 164 cm³/mol. The molecule has 0 aliphatic heterocycles. The number of rotatable bonds is 16. The van der Waals surface area contributed by atoms with Crippen molar-refractivity contribution in [2.24, 2.45) is 0 Å². The number of nitrogens with zero attached hydrogens (tertiary/aromatic N) is 2. The van der Waals surface area contributed by atoms with Crippen molar-refractivity contribution in [3.63, 3.8) is 0 Å². The summed E-state index contributed by atoms with van der Waals surface area (Å²) in [6.45, 7) is 14.8. The summed E-state index contributed by atoms with van der Waals surface area (Å²) >= 11 is -2.71. The molecular formula is C32H49N3OSn. The van der Waals surface area contributed by atoms with E-state index in [9.17, 15) is 4.79 Å². The van der Waals surface area contributed by atoms with Gasteiger partial charge < -0.3 is 0 Å². The van der Waals surface area contributed by atoms with E-state index in [4.69, 9.17) is 4.98 Å². The third-order valence-corrected chi connectivity index (χ3v) is 23.8. The molecule has 2 aromatic carbocycles. The van der Waals surface area contributed by atoms with Gasteiger partial charge in [-0.05, 0) is 0 Å². The second-order valence-corrected chi connectivity index (χ2v) is 23.7. The van der Waals surface area contributed by atoms with Gasteiger partial charge in [0.15, 0.2) is 0 Å². The summed E-state index contributed by atoms with van der Waals surface area (Å²) in [7, 11) is 0. The van der Waals surface area contributed by atoms with Crippen LogP contribution in [0.5, 0.6) is 0 Å².